The monoisotopic (exact) mass is 302 g/mol. The van der Waals surface area contributed by atoms with Gasteiger partial charge in [-0.25, -0.2) is 0 Å². The Morgan fingerprint density at radius 2 is 1.91 bits per heavy atom. The second kappa shape index (κ2) is 6.51. The van der Waals surface area contributed by atoms with Crippen LogP contribution < -0.4 is 4.90 Å². The lowest BCUT2D eigenvalue weighted by Crippen LogP contribution is -2.46. The van der Waals surface area contributed by atoms with Gasteiger partial charge in [0.05, 0.1) is 0 Å². The molecular weight excluding hydrogens is 276 g/mol. The minimum atomic E-state index is -0.258. The Hall–Kier alpha value is -1.84. The van der Waals surface area contributed by atoms with Crippen LogP contribution in [-0.2, 0) is 16.0 Å². The van der Waals surface area contributed by atoms with Gasteiger partial charge in [-0.15, -0.1) is 0 Å². The van der Waals surface area contributed by atoms with Crippen LogP contribution in [0, 0.1) is 0 Å². The zero-order valence-corrected chi connectivity index (χ0v) is 14.1. The van der Waals surface area contributed by atoms with Gasteiger partial charge in [0.25, 0.3) is 0 Å². The molecule has 0 radical (unpaired) electrons. The Kier molecular flexibility index (Phi) is 4.89. The number of nitrogens with zero attached hydrogens (tertiary/aromatic N) is 2. The van der Waals surface area contributed by atoms with Crippen molar-refractivity contribution in [1.82, 2.24) is 4.90 Å². The second-order valence-corrected chi connectivity index (χ2v) is 6.87. The number of carbonyl (C=O) groups is 2. The first-order valence-corrected chi connectivity index (χ1v) is 7.97. The van der Waals surface area contributed by atoms with Crippen LogP contribution in [0.5, 0.6) is 0 Å². The highest BCUT2D eigenvalue weighted by atomic mass is 16.2. The number of benzene rings is 1. The molecule has 1 aromatic carbocycles. The predicted molar refractivity (Wildman–Crippen MR) is 88.9 cm³/mol. The molecule has 4 nitrogen and oxygen atoms in total. The Labute approximate surface area is 133 Å². The van der Waals surface area contributed by atoms with Crippen molar-refractivity contribution in [2.24, 2.45) is 0 Å². The maximum Gasteiger partial charge on any atom is 0.228 e. The fourth-order valence-electron chi connectivity index (χ4n) is 3.10. The van der Waals surface area contributed by atoms with E-state index >= 15 is 0 Å². The summed E-state index contributed by atoms with van der Waals surface area (Å²) in [7, 11) is 0. The lowest BCUT2D eigenvalue weighted by molar-refractivity contribution is -0.134. The van der Waals surface area contributed by atoms with Crippen LogP contribution in [0.3, 0.4) is 0 Å². The van der Waals surface area contributed by atoms with Gasteiger partial charge in [-0.1, -0.05) is 18.2 Å². The molecule has 4 heteroatoms. The van der Waals surface area contributed by atoms with Crippen LogP contribution in [0.15, 0.2) is 24.3 Å². The smallest absolute Gasteiger partial charge is 0.228 e. The number of aryl methyl sites for hydroxylation is 1. The molecule has 2 rings (SSSR count). The van der Waals surface area contributed by atoms with Crippen LogP contribution in [0.25, 0.3) is 0 Å². The van der Waals surface area contributed by atoms with Crippen molar-refractivity contribution in [2.75, 3.05) is 18.0 Å². The van der Waals surface area contributed by atoms with Gasteiger partial charge in [-0.3, -0.25) is 9.59 Å². The summed E-state index contributed by atoms with van der Waals surface area (Å²) >= 11 is 0. The number of para-hydroxylation sites is 1. The molecule has 0 atom stereocenters. The molecule has 0 aliphatic carbocycles. The molecule has 0 unspecified atom stereocenters. The number of hydrogen-bond donors (Lipinski definition) is 0. The standard InChI is InChI=1S/C18H26N2O2/c1-14(21)20(18(2,3)4)13-11-17(22)19-12-7-9-15-8-5-6-10-16(15)19/h5-6,8,10H,7,9,11-13H2,1-4H3. The topological polar surface area (TPSA) is 40.6 Å². The highest BCUT2D eigenvalue weighted by molar-refractivity contribution is 5.94. The third kappa shape index (κ3) is 3.67. The normalized spacial score (nSPS) is 14.5. The quantitative estimate of drug-likeness (QED) is 0.861. The van der Waals surface area contributed by atoms with E-state index in [4.69, 9.17) is 0 Å². The van der Waals surface area contributed by atoms with Gasteiger partial charge < -0.3 is 9.80 Å². The third-order valence-corrected chi connectivity index (χ3v) is 4.15. The molecule has 1 aliphatic heterocycles. The van der Waals surface area contributed by atoms with Crippen molar-refractivity contribution in [1.29, 1.82) is 0 Å². The molecule has 120 valence electrons. The van der Waals surface area contributed by atoms with E-state index in [0.29, 0.717) is 13.0 Å². The first-order valence-electron chi connectivity index (χ1n) is 7.97. The van der Waals surface area contributed by atoms with E-state index in [0.717, 1.165) is 25.1 Å². The summed E-state index contributed by atoms with van der Waals surface area (Å²) in [6.07, 6.45) is 2.39. The van der Waals surface area contributed by atoms with E-state index in [1.165, 1.54) is 5.56 Å². The molecule has 1 heterocycles. The maximum atomic E-state index is 12.6. The SMILES string of the molecule is CC(=O)N(CCC(=O)N1CCCc2ccccc21)C(C)(C)C. The van der Waals surface area contributed by atoms with E-state index in [2.05, 4.69) is 6.07 Å². The van der Waals surface area contributed by atoms with Crippen molar-refractivity contribution >= 4 is 17.5 Å². The van der Waals surface area contributed by atoms with Gasteiger partial charge in [-0.2, -0.15) is 0 Å². The number of amides is 2. The fraction of sp³-hybridized carbons (Fsp3) is 0.556. The summed E-state index contributed by atoms with van der Waals surface area (Å²) in [4.78, 5) is 28.0. The van der Waals surface area contributed by atoms with Gasteiger partial charge in [0.2, 0.25) is 11.8 Å². The van der Waals surface area contributed by atoms with Crippen LogP contribution in [0.4, 0.5) is 5.69 Å². The first-order chi connectivity index (χ1) is 10.3. The molecule has 0 N–H and O–H groups in total. The van der Waals surface area contributed by atoms with Crippen molar-refractivity contribution in [2.45, 2.75) is 52.5 Å². The van der Waals surface area contributed by atoms with Gasteiger partial charge in [0.1, 0.15) is 0 Å². The van der Waals surface area contributed by atoms with Gasteiger partial charge in [0, 0.05) is 37.7 Å². The van der Waals surface area contributed by atoms with Crippen LogP contribution in [-0.4, -0.2) is 35.3 Å². The average Bonchev–Trinajstić information content (AvgIpc) is 2.44. The molecule has 0 bridgehead atoms. The molecule has 0 saturated heterocycles. The van der Waals surface area contributed by atoms with Crippen LogP contribution in [0.2, 0.25) is 0 Å². The molecule has 22 heavy (non-hydrogen) atoms. The average molecular weight is 302 g/mol. The minimum Gasteiger partial charge on any atom is -0.338 e. The fourth-order valence-corrected chi connectivity index (χ4v) is 3.10. The molecule has 0 spiro atoms. The van der Waals surface area contributed by atoms with E-state index in [1.807, 2.05) is 43.9 Å². The summed E-state index contributed by atoms with van der Waals surface area (Å²) < 4.78 is 0. The molecule has 1 aliphatic rings. The van der Waals surface area contributed by atoms with E-state index in [-0.39, 0.29) is 17.4 Å². The van der Waals surface area contributed by atoms with E-state index in [9.17, 15) is 9.59 Å². The molecular formula is C18H26N2O2. The summed E-state index contributed by atoms with van der Waals surface area (Å²) in [5, 5.41) is 0. The van der Waals surface area contributed by atoms with Gasteiger partial charge in [0.15, 0.2) is 0 Å². The number of anilines is 1. The lowest BCUT2D eigenvalue weighted by Gasteiger charge is -2.36. The minimum absolute atomic E-state index is 0.0133. The highest BCUT2D eigenvalue weighted by Gasteiger charge is 2.26. The summed E-state index contributed by atoms with van der Waals surface area (Å²) in [6.45, 7) is 8.78. The summed E-state index contributed by atoms with van der Waals surface area (Å²) in [5.74, 6) is 0.113. The summed E-state index contributed by atoms with van der Waals surface area (Å²) in [5.41, 5.74) is 2.01. The largest absolute Gasteiger partial charge is 0.338 e. The summed E-state index contributed by atoms with van der Waals surface area (Å²) in [6, 6.07) is 8.09. The maximum absolute atomic E-state index is 12.6. The van der Waals surface area contributed by atoms with Crippen molar-refractivity contribution in [3.05, 3.63) is 29.8 Å². The van der Waals surface area contributed by atoms with Gasteiger partial charge >= 0.3 is 0 Å². The highest BCUT2D eigenvalue weighted by Crippen LogP contribution is 2.27. The third-order valence-electron chi connectivity index (χ3n) is 4.15. The molecule has 1 aromatic rings. The first kappa shape index (κ1) is 16.5. The molecule has 0 fully saturated rings. The van der Waals surface area contributed by atoms with Crippen molar-refractivity contribution in [3.8, 4) is 0 Å². The second-order valence-electron chi connectivity index (χ2n) is 6.87. The Morgan fingerprint density at radius 3 is 2.55 bits per heavy atom. The number of rotatable bonds is 3. The van der Waals surface area contributed by atoms with Gasteiger partial charge in [-0.05, 0) is 45.2 Å². The predicted octanol–water partition coefficient (Wildman–Crippen LogP) is 3.00. The van der Waals surface area contributed by atoms with Crippen molar-refractivity contribution < 1.29 is 9.59 Å². The Bertz CT molecular complexity index is 560. The number of fused-ring (bicyclic) bond motifs is 1. The molecule has 0 aromatic heterocycles. The lowest BCUT2D eigenvalue weighted by atomic mass is 10.0. The molecule has 2 amide bonds. The number of carbonyl (C=O) groups excluding carboxylic acids is 2. The number of hydrogen-bond acceptors (Lipinski definition) is 2. The van der Waals surface area contributed by atoms with E-state index in [1.54, 1.807) is 11.8 Å². The Morgan fingerprint density at radius 1 is 1.23 bits per heavy atom. The molecule has 0 saturated carbocycles. The Balaban J connectivity index is 2.06. The van der Waals surface area contributed by atoms with E-state index < -0.39 is 0 Å². The van der Waals surface area contributed by atoms with Crippen LogP contribution >= 0.6 is 0 Å². The van der Waals surface area contributed by atoms with Crippen molar-refractivity contribution in [3.63, 3.8) is 0 Å². The zero-order valence-electron chi connectivity index (χ0n) is 14.1. The zero-order chi connectivity index (χ0) is 16.3. The van der Waals surface area contributed by atoms with Crippen LogP contribution in [0.1, 0.15) is 46.1 Å².